The number of amides is 1. The number of piperidine rings is 1. The van der Waals surface area contributed by atoms with Crippen LogP contribution in [0.4, 0.5) is 0 Å². The Morgan fingerprint density at radius 1 is 1.24 bits per heavy atom. The van der Waals surface area contributed by atoms with Gasteiger partial charge in [-0.15, -0.1) is 0 Å². The molecule has 0 unspecified atom stereocenters. The van der Waals surface area contributed by atoms with Gasteiger partial charge < -0.3 is 9.64 Å². The van der Waals surface area contributed by atoms with E-state index in [1.54, 1.807) is 0 Å². The van der Waals surface area contributed by atoms with Crippen LogP contribution in [0.2, 0.25) is 0 Å². The van der Waals surface area contributed by atoms with Gasteiger partial charge in [-0.1, -0.05) is 18.2 Å². The Bertz CT molecular complexity index is 760. The summed E-state index contributed by atoms with van der Waals surface area (Å²) in [5, 5.41) is 5.68. The highest BCUT2D eigenvalue weighted by atomic mass is 16.5. The number of hydrogen-bond acceptors (Lipinski definition) is 4. The van der Waals surface area contributed by atoms with Gasteiger partial charge in [0.05, 0.1) is 30.3 Å². The van der Waals surface area contributed by atoms with Gasteiger partial charge in [-0.3, -0.25) is 14.3 Å². The fourth-order valence-electron chi connectivity index (χ4n) is 3.45. The van der Waals surface area contributed by atoms with Gasteiger partial charge in [0.25, 0.3) is 0 Å². The second kappa shape index (κ2) is 7.68. The van der Waals surface area contributed by atoms with E-state index in [0.29, 0.717) is 45.5 Å². The molecule has 1 amide bonds. The first-order valence-electron chi connectivity index (χ1n) is 8.96. The number of para-hydroxylation sites is 1. The summed E-state index contributed by atoms with van der Waals surface area (Å²) in [6.07, 6.45) is 1.80. The average Bonchev–Trinajstić information content (AvgIpc) is 2.96. The van der Waals surface area contributed by atoms with Crippen LogP contribution in [0.15, 0.2) is 24.3 Å². The molecule has 0 bridgehead atoms. The van der Waals surface area contributed by atoms with Crippen molar-refractivity contribution in [2.45, 2.75) is 39.7 Å². The summed E-state index contributed by atoms with van der Waals surface area (Å²) in [6.45, 7) is 6.04. The second-order valence-corrected chi connectivity index (χ2v) is 6.48. The van der Waals surface area contributed by atoms with Gasteiger partial charge >= 0.3 is 5.97 Å². The number of fused-ring (bicyclic) bond motifs is 1. The SMILES string of the molecule is CCOC(=O)C1CCN(C(=O)CCn2nc(C)c3ccccc32)CC1. The van der Waals surface area contributed by atoms with Crippen molar-refractivity contribution in [3.8, 4) is 0 Å². The number of esters is 1. The summed E-state index contributed by atoms with van der Waals surface area (Å²) in [4.78, 5) is 26.1. The molecule has 1 saturated heterocycles. The van der Waals surface area contributed by atoms with E-state index in [1.807, 2.05) is 41.6 Å². The average molecular weight is 343 g/mol. The molecule has 1 aliphatic heterocycles. The molecule has 6 heteroatoms. The summed E-state index contributed by atoms with van der Waals surface area (Å²) >= 11 is 0. The molecule has 2 heterocycles. The van der Waals surface area contributed by atoms with Crippen molar-refractivity contribution in [3.63, 3.8) is 0 Å². The van der Waals surface area contributed by atoms with Gasteiger partial charge in [0.2, 0.25) is 5.91 Å². The lowest BCUT2D eigenvalue weighted by Gasteiger charge is -2.31. The quantitative estimate of drug-likeness (QED) is 0.783. The van der Waals surface area contributed by atoms with E-state index in [0.717, 1.165) is 16.6 Å². The third kappa shape index (κ3) is 3.83. The standard InChI is InChI=1S/C19H25N3O3/c1-3-25-19(24)15-8-11-21(12-9-15)18(23)10-13-22-17-7-5-4-6-16(17)14(2)20-22/h4-7,15H,3,8-13H2,1-2H3. The van der Waals surface area contributed by atoms with Crippen LogP contribution in [0, 0.1) is 12.8 Å². The number of rotatable bonds is 5. The first kappa shape index (κ1) is 17.5. The van der Waals surface area contributed by atoms with Crippen molar-refractivity contribution in [1.82, 2.24) is 14.7 Å². The minimum atomic E-state index is -0.131. The zero-order valence-electron chi connectivity index (χ0n) is 14.9. The molecule has 0 radical (unpaired) electrons. The minimum absolute atomic E-state index is 0.0679. The zero-order chi connectivity index (χ0) is 17.8. The lowest BCUT2D eigenvalue weighted by atomic mass is 9.97. The molecule has 3 rings (SSSR count). The molecule has 0 saturated carbocycles. The van der Waals surface area contributed by atoms with Crippen molar-refractivity contribution in [3.05, 3.63) is 30.0 Å². The maximum absolute atomic E-state index is 12.5. The van der Waals surface area contributed by atoms with E-state index >= 15 is 0 Å². The van der Waals surface area contributed by atoms with Crippen LogP contribution in [0.25, 0.3) is 10.9 Å². The monoisotopic (exact) mass is 343 g/mol. The maximum Gasteiger partial charge on any atom is 0.309 e. The second-order valence-electron chi connectivity index (χ2n) is 6.48. The van der Waals surface area contributed by atoms with E-state index in [2.05, 4.69) is 11.2 Å². The number of carbonyl (C=O) groups excluding carboxylic acids is 2. The Hall–Kier alpha value is -2.37. The van der Waals surface area contributed by atoms with Gasteiger partial charge in [0, 0.05) is 24.9 Å². The third-order valence-electron chi connectivity index (χ3n) is 4.85. The van der Waals surface area contributed by atoms with Crippen LogP contribution in [0.1, 0.15) is 31.9 Å². The smallest absolute Gasteiger partial charge is 0.309 e. The largest absolute Gasteiger partial charge is 0.466 e. The molecule has 1 fully saturated rings. The van der Waals surface area contributed by atoms with Crippen LogP contribution < -0.4 is 0 Å². The Kier molecular flexibility index (Phi) is 5.36. The van der Waals surface area contributed by atoms with Gasteiger partial charge in [-0.05, 0) is 32.8 Å². The summed E-state index contributed by atoms with van der Waals surface area (Å²) < 4.78 is 6.98. The Morgan fingerprint density at radius 3 is 2.68 bits per heavy atom. The van der Waals surface area contributed by atoms with Crippen LogP contribution in [0.3, 0.4) is 0 Å². The number of ether oxygens (including phenoxy) is 1. The highest BCUT2D eigenvalue weighted by molar-refractivity contribution is 5.82. The normalized spacial score (nSPS) is 15.5. The van der Waals surface area contributed by atoms with E-state index in [-0.39, 0.29) is 17.8 Å². The summed E-state index contributed by atoms with van der Waals surface area (Å²) in [6, 6.07) is 8.07. The van der Waals surface area contributed by atoms with Crippen LogP contribution in [-0.4, -0.2) is 46.3 Å². The van der Waals surface area contributed by atoms with Crippen molar-refractivity contribution in [2.75, 3.05) is 19.7 Å². The Morgan fingerprint density at radius 2 is 1.96 bits per heavy atom. The zero-order valence-corrected chi connectivity index (χ0v) is 14.9. The third-order valence-corrected chi connectivity index (χ3v) is 4.85. The Labute approximate surface area is 147 Å². The molecule has 0 N–H and O–H groups in total. The predicted octanol–water partition coefficient (Wildman–Crippen LogP) is 2.54. The van der Waals surface area contributed by atoms with Crippen molar-refractivity contribution >= 4 is 22.8 Å². The molecule has 0 atom stereocenters. The topological polar surface area (TPSA) is 64.4 Å². The highest BCUT2D eigenvalue weighted by Crippen LogP contribution is 2.20. The minimum Gasteiger partial charge on any atom is -0.466 e. The summed E-state index contributed by atoms with van der Waals surface area (Å²) in [5.41, 5.74) is 2.05. The van der Waals surface area contributed by atoms with Gasteiger partial charge in [0.15, 0.2) is 0 Å². The maximum atomic E-state index is 12.5. The van der Waals surface area contributed by atoms with Crippen molar-refractivity contribution in [1.29, 1.82) is 0 Å². The molecule has 1 aromatic heterocycles. The number of hydrogen-bond donors (Lipinski definition) is 0. The van der Waals surface area contributed by atoms with Crippen LogP contribution in [-0.2, 0) is 20.9 Å². The molecule has 0 spiro atoms. The van der Waals surface area contributed by atoms with E-state index in [4.69, 9.17) is 4.74 Å². The van der Waals surface area contributed by atoms with Crippen LogP contribution >= 0.6 is 0 Å². The summed E-state index contributed by atoms with van der Waals surface area (Å²) in [5.74, 6) is -0.0747. The molecular weight excluding hydrogens is 318 g/mol. The molecule has 1 aliphatic rings. The molecule has 25 heavy (non-hydrogen) atoms. The first-order valence-corrected chi connectivity index (χ1v) is 8.96. The molecule has 0 aliphatic carbocycles. The molecule has 6 nitrogen and oxygen atoms in total. The van der Waals surface area contributed by atoms with Crippen molar-refractivity contribution < 1.29 is 14.3 Å². The molecular formula is C19H25N3O3. The number of benzene rings is 1. The van der Waals surface area contributed by atoms with Gasteiger partial charge in [-0.25, -0.2) is 0 Å². The first-order chi connectivity index (χ1) is 12.1. The highest BCUT2D eigenvalue weighted by Gasteiger charge is 2.28. The fourth-order valence-corrected chi connectivity index (χ4v) is 3.45. The lowest BCUT2D eigenvalue weighted by Crippen LogP contribution is -2.40. The van der Waals surface area contributed by atoms with E-state index < -0.39 is 0 Å². The lowest BCUT2D eigenvalue weighted by molar-refractivity contribution is -0.151. The number of aryl methyl sites for hydroxylation is 2. The summed E-state index contributed by atoms with van der Waals surface area (Å²) in [7, 11) is 0. The van der Waals surface area contributed by atoms with Gasteiger partial charge in [0.1, 0.15) is 0 Å². The molecule has 1 aromatic carbocycles. The number of carbonyl (C=O) groups is 2. The molecule has 134 valence electrons. The Balaban J connectivity index is 1.54. The van der Waals surface area contributed by atoms with Crippen molar-refractivity contribution in [2.24, 2.45) is 5.92 Å². The molecule has 2 aromatic rings. The van der Waals surface area contributed by atoms with E-state index in [9.17, 15) is 9.59 Å². The fraction of sp³-hybridized carbons (Fsp3) is 0.526. The number of aromatic nitrogens is 2. The predicted molar refractivity (Wildman–Crippen MR) is 95.0 cm³/mol. The van der Waals surface area contributed by atoms with E-state index in [1.165, 1.54) is 0 Å². The number of nitrogens with zero attached hydrogens (tertiary/aromatic N) is 3. The van der Waals surface area contributed by atoms with Crippen LogP contribution in [0.5, 0.6) is 0 Å². The number of likely N-dealkylation sites (tertiary alicyclic amines) is 1. The van der Waals surface area contributed by atoms with Gasteiger partial charge in [-0.2, -0.15) is 5.10 Å².